The number of para-hydroxylation sites is 1. The molecule has 2 heterocycles. The Morgan fingerprint density at radius 1 is 1.03 bits per heavy atom. The van der Waals surface area contributed by atoms with E-state index in [0.717, 1.165) is 40.8 Å². The van der Waals surface area contributed by atoms with Crippen molar-refractivity contribution in [2.24, 2.45) is 0 Å². The number of hydrogen-bond donors (Lipinski definition) is 3. The van der Waals surface area contributed by atoms with Crippen molar-refractivity contribution in [1.82, 2.24) is 9.71 Å². The van der Waals surface area contributed by atoms with Crippen LogP contribution in [0, 0.1) is 6.92 Å². The Hall–Kier alpha value is -3.66. The van der Waals surface area contributed by atoms with Gasteiger partial charge in [0.15, 0.2) is 0 Å². The number of fused-ring (bicyclic) bond motifs is 1. The predicted octanol–water partition coefficient (Wildman–Crippen LogP) is 3.84. The van der Waals surface area contributed by atoms with Crippen LogP contribution in [0.25, 0.3) is 10.9 Å². The summed E-state index contributed by atoms with van der Waals surface area (Å²) in [7, 11) is -3.94. The first-order chi connectivity index (χ1) is 17.9. The van der Waals surface area contributed by atoms with Crippen LogP contribution in [-0.2, 0) is 26.0 Å². The number of morpholine rings is 1. The Labute approximate surface area is 216 Å². The number of ether oxygens (including phenoxy) is 1. The number of H-pyrrole nitrogens is 1. The molecule has 1 aromatic heterocycles. The van der Waals surface area contributed by atoms with E-state index < -0.39 is 22.0 Å². The van der Waals surface area contributed by atoms with Gasteiger partial charge in [-0.3, -0.25) is 4.79 Å². The van der Waals surface area contributed by atoms with Crippen LogP contribution >= 0.6 is 0 Å². The van der Waals surface area contributed by atoms with Gasteiger partial charge in [-0.2, -0.15) is 4.72 Å². The number of anilines is 2. The Balaban J connectivity index is 1.38. The van der Waals surface area contributed by atoms with Gasteiger partial charge in [-0.1, -0.05) is 30.3 Å². The van der Waals surface area contributed by atoms with Gasteiger partial charge in [-0.05, 0) is 66.9 Å². The van der Waals surface area contributed by atoms with Crippen LogP contribution in [0.5, 0.6) is 0 Å². The standard InChI is InChI=1S/C28H30N4O4S/c1-20-5-4-6-24(17-20)37(34,35)31-27(18-21-19-29-26-8-3-2-7-25(21)26)28(33)30-22-9-11-23(12-10-22)32-13-15-36-16-14-32/h2-12,17,19,27,29,31H,13-16,18H2,1H3,(H,30,33)/t27-/m0/s1. The lowest BCUT2D eigenvalue weighted by Crippen LogP contribution is -2.45. The van der Waals surface area contributed by atoms with Crippen molar-refractivity contribution in [3.05, 3.63) is 90.1 Å². The Morgan fingerprint density at radius 2 is 1.78 bits per heavy atom. The molecule has 3 N–H and O–H groups in total. The van der Waals surface area contributed by atoms with Crippen LogP contribution in [0.15, 0.2) is 83.9 Å². The average Bonchev–Trinajstić information content (AvgIpc) is 3.32. The smallest absolute Gasteiger partial charge is 0.242 e. The zero-order chi connectivity index (χ0) is 25.8. The highest BCUT2D eigenvalue weighted by atomic mass is 32.2. The molecule has 1 saturated heterocycles. The van der Waals surface area contributed by atoms with Gasteiger partial charge in [0.1, 0.15) is 6.04 Å². The number of aromatic amines is 1. The molecule has 0 unspecified atom stereocenters. The summed E-state index contributed by atoms with van der Waals surface area (Å²) in [6, 6.07) is 20.9. The van der Waals surface area contributed by atoms with E-state index in [2.05, 4.69) is 19.9 Å². The molecular weight excluding hydrogens is 488 g/mol. The van der Waals surface area contributed by atoms with Gasteiger partial charge >= 0.3 is 0 Å². The molecule has 0 bridgehead atoms. The van der Waals surface area contributed by atoms with Crippen molar-refractivity contribution in [3.8, 4) is 0 Å². The average molecular weight is 519 g/mol. The Morgan fingerprint density at radius 3 is 2.54 bits per heavy atom. The van der Waals surface area contributed by atoms with Crippen molar-refractivity contribution in [2.75, 3.05) is 36.5 Å². The van der Waals surface area contributed by atoms with Crippen LogP contribution < -0.4 is 14.9 Å². The lowest BCUT2D eigenvalue weighted by molar-refractivity contribution is -0.117. The number of aryl methyl sites for hydroxylation is 1. The maximum atomic E-state index is 13.5. The number of hydrogen-bond acceptors (Lipinski definition) is 5. The normalized spacial score (nSPS) is 15.0. The largest absolute Gasteiger partial charge is 0.378 e. The molecule has 1 aliphatic heterocycles. The first kappa shape index (κ1) is 25.0. The molecule has 1 atom stereocenters. The summed E-state index contributed by atoms with van der Waals surface area (Å²) in [5.41, 5.74) is 4.25. The maximum Gasteiger partial charge on any atom is 0.242 e. The predicted molar refractivity (Wildman–Crippen MR) is 145 cm³/mol. The summed E-state index contributed by atoms with van der Waals surface area (Å²) in [4.78, 5) is 19.0. The highest BCUT2D eigenvalue weighted by Gasteiger charge is 2.27. The van der Waals surface area contributed by atoms with Crippen LogP contribution in [0.4, 0.5) is 11.4 Å². The van der Waals surface area contributed by atoms with E-state index in [0.29, 0.717) is 18.9 Å². The molecule has 9 heteroatoms. The second-order valence-electron chi connectivity index (χ2n) is 9.19. The number of aromatic nitrogens is 1. The van der Waals surface area contributed by atoms with E-state index in [1.807, 2.05) is 67.7 Å². The molecule has 0 aliphatic carbocycles. The summed E-state index contributed by atoms with van der Waals surface area (Å²) < 4.78 is 34.6. The summed E-state index contributed by atoms with van der Waals surface area (Å²) >= 11 is 0. The van der Waals surface area contributed by atoms with E-state index >= 15 is 0 Å². The van der Waals surface area contributed by atoms with Gasteiger partial charge in [0, 0.05) is 41.6 Å². The van der Waals surface area contributed by atoms with Crippen LogP contribution in [0.1, 0.15) is 11.1 Å². The number of rotatable bonds is 8. The molecular formula is C28H30N4O4S. The van der Waals surface area contributed by atoms with Gasteiger partial charge in [0.05, 0.1) is 18.1 Å². The van der Waals surface area contributed by atoms with Gasteiger partial charge in [-0.15, -0.1) is 0 Å². The first-order valence-electron chi connectivity index (χ1n) is 12.3. The van der Waals surface area contributed by atoms with E-state index in [1.54, 1.807) is 12.1 Å². The molecule has 4 aromatic rings. The fourth-order valence-corrected chi connectivity index (χ4v) is 5.85. The summed E-state index contributed by atoms with van der Waals surface area (Å²) in [5, 5.41) is 3.85. The third-order valence-electron chi connectivity index (χ3n) is 6.52. The van der Waals surface area contributed by atoms with E-state index in [-0.39, 0.29) is 11.3 Å². The van der Waals surface area contributed by atoms with Crippen LogP contribution in [-0.4, -0.2) is 51.7 Å². The lowest BCUT2D eigenvalue weighted by Gasteiger charge is -2.29. The lowest BCUT2D eigenvalue weighted by atomic mass is 10.0. The van der Waals surface area contributed by atoms with Crippen molar-refractivity contribution in [3.63, 3.8) is 0 Å². The Bertz CT molecular complexity index is 1490. The highest BCUT2D eigenvalue weighted by molar-refractivity contribution is 7.89. The molecule has 37 heavy (non-hydrogen) atoms. The molecule has 192 valence electrons. The molecule has 5 rings (SSSR count). The van der Waals surface area contributed by atoms with Gasteiger partial charge in [0.25, 0.3) is 0 Å². The van der Waals surface area contributed by atoms with E-state index in [1.165, 1.54) is 6.07 Å². The Kier molecular flexibility index (Phi) is 7.27. The van der Waals surface area contributed by atoms with Crippen molar-refractivity contribution >= 4 is 38.2 Å². The number of nitrogens with one attached hydrogen (secondary N) is 3. The quantitative estimate of drug-likeness (QED) is 0.329. The van der Waals surface area contributed by atoms with Crippen molar-refractivity contribution < 1.29 is 17.9 Å². The summed E-state index contributed by atoms with van der Waals surface area (Å²) in [6.07, 6.45) is 2.01. The fourth-order valence-electron chi connectivity index (χ4n) is 4.55. The molecule has 1 amide bonds. The topological polar surface area (TPSA) is 104 Å². The van der Waals surface area contributed by atoms with Crippen molar-refractivity contribution in [1.29, 1.82) is 0 Å². The molecule has 0 radical (unpaired) electrons. The minimum absolute atomic E-state index is 0.124. The molecule has 8 nitrogen and oxygen atoms in total. The van der Waals surface area contributed by atoms with E-state index in [4.69, 9.17) is 4.74 Å². The number of carbonyl (C=O) groups is 1. The first-order valence-corrected chi connectivity index (χ1v) is 13.7. The number of benzene rings is 3. The highest BCUT2D eigenvalue weighted by Crippen LogP contribution is 2.22. The molecule has 3 aromatic carbocycles. The minimum atomic E-state index is -3.94. The maximum absolute atomic E-state index is 13.5. The van der Waals surface area contributed by atoms with Crippen LogP contribution in [0.2, 0.25) is 0 Å². The number of nitrogens with zero attached hydrogens (tertiary/aromatic N) is 1. The second-order valence-corrected chi connectivity index (χ2v) is 10.9. The van der Waals surface area contributed by atoms with E-state index in [9.17, 15) is 13.2 Å². The zero-order valence-electron chi connectivity index (χ0n) is 20.6. The number of sulfonamides is 1. The third kappa shape index (κ3) is 5.85. The third-order valence-corrected chi connectivity index (χ3v) is 7.99. The monoisotopic (exact) mass is 518 g/mol. The second kappa shape index (κ2) is 10.8. The number of amides is 1. The molecule has 0 spiro atoms. The fraction of sp³-hybridized carbons (Fsp3) is 0.250. The number of carbonyl (C=O) groups excluding carboxylic acids is 1. The minimum Gasteiger partial charge on any atom is -0.378 e. The van der Waals surface area contributed by atoms with Gasteiger partial charge in [-0.25, -0.2) is 8.42 Å². The SMILES string of the molecule is Cc1cccc(S(=O)(=O)N[C@@H](Cc2c[nH]c3ccccc23)C(=O)Nc2ccc(N3CCOCC3)cc2)c1. The molecule has 1 fully saturated rings. The molecule has 0 saturated carbocycles. The van der Waals surface area contributed by atoms with Gasteiger partial charge in [0.2, 0.25) is 15.9 Å². The summed E-state index contributed by atoms with van der Waals surface area (Å²) in [5.74, 6) is -0.430. The zero-order valence-corrected chi connectivity index (χ0v) is 21.4. The van der Waals surface area contributed by atoms with Crippen LogP contribution in [0.3, 0.4) is 0 Å². The molecule has 1 aliphatic rings. The van der Waals surface area contributed by atoms with Crippen molar-refractivity contribution in [2.45, 2.75) is 24.3 Å². The summed E-state index contributed by atoms with van der Waals surface area (Å²) in [6.45, 7) is 4.85. The van der Waals surface area contributed by atoms with Gasteiger partial charge < -0.3 is 19.9 Å².